The summed E-state index contributed by atoms with van der Waals surface area (Å²) in [6, 6.07) is 26.4. The van der Waals surface area contributed by atoms with Gasteiger partial charge in [0.1, 0.15) is 0 Å². The highest BCUT2D eigenvalue weighted by Gasteiger charge is 2.16. The molecule has 4 rings (SSSR count). The Balaban J connectivity index is 1.81. The minimum absolute atomic E-state index is 0.233. The zero-order valence-electron chi connectivity index (χ0n) is 15.3. The van der Waals surface area contributed by atoms with Gasteiger partial charge in [-0.15, -0.1) is 12.6 Å². The molecule has 0 fully saturated rings. The van der Waals surface area contributed by atoms with E-state index >= 15 is 0 Å². The Labute approximate surface area is 173 Å². The van der Waals surface area contributed by atoms with Crippen LogP contribution in [0.5, 0.6) is 0 Å². The van der Waals surface area contributed by atoms with Gasteiger partial charge in [0.05, 0.1) is 5.69 Å². The van der Waals surface area contributed by atoms with Crippen LogP contribution >= 0.6 is 12.6 Å². The molecule has 0 amide bonds. The number of hydrogen-bond donors (Lipinski definition) is 2. The smallest absolute Gasteiger partial charge is 0.249 e. The van der Waals surface area contributed by atoms with Crippen LogP contribution in [0, 0.1) is 11.5 Å². The molecular formula is C22H16N6S. The SMILES string of the molecule is N#CN(c1ccccc1)c1nc(Nc2cccc(S)c2)nc(-c2ccccc2)n1. The Morgan fingerprint density at radius 1 is 0.828 bits per heavy atom. The quantitative estimate of drug-likeness (QED) is 0.275. The van der Waals surface area contributed by atoms with Crippen molar-refractivity contribution in [3.05, 3.63) is 84.9 Å². The van der Waals surface area contributed by atoms with Crippen molar-refractivity contribution < 1.29 is 0 Å². The standard InChI is InChI=1S/C22H16N6S/c23-15-28(18-11-5-2-6-12-18)22-26-20(16-8-3-1-4-9-16)25-21(27-22)24-17-10-7-13-19(29)14-17/h1-14,29H,(H,24,25,26,27). The summed E-state index contributed by atoms with van der Waals surface area (Å²) in [5.74, 6) is 1.04. The monoisotopic (exact) mass is 396 g/mol. The van der Waals surface area contributed by atoms with Gasteiger partial charge in [-0.25, -0.2) is 4.90 Å². The number of nitrogens with one attached hydrogen (secondary N) is 1. The Morgan fingerprint density at radius 2 is 1.55 bits per heavy atom. The fraction of sp³-hybridized carbons (Fsp3) is 0. The highest BCUT2D eigenvalue weighted by molar-refractivity contribution is 7.80. The average molecular weight is 396 g/mol. The van der Waals surface area contributed by atoms with Crippen molar-refractivity contribution in [1.82, 2.24) is 15.0 Å². The van der Waals surface area contributed by atoms with E-state index in [0.717, 1.165) is 16.1 Å². The number of rotatable bonds is 5. The molecule has 7 heteroatoms. The van der Waals surface area contributed by atoms with Crippen LogP contribution in [0.3, 0.4) is 0 Å². The van der Waals surface area contributed by atoms with Crippen LogP contribution in [0.1, 0.15) is 0 Å². The summed E-state index contributed by atoms with van der Waals surface area (Å²) in [5.41, 5.74) is 2.29. The van der Waals surface area contributed by atoms with Gasteiger partial charge in [0.2, 0.25) is 11.9 Å². The van der Waals surface area contributed by atoms with Crippen molar-refractivity contribution in [2.24, 2.45) is 0 Å². The lowest BCUT2D eigenvalue weighted by molar-refractivity contribution is 1.02. The van der Waals surface area contributed by atoms with E-state index in [2.05, 4.69) is 39.1 Å². The van der Waals surface area contributed by atoms with Crippen LogP contribution in [0.4, 0.5) is 23.3 Å². The molecule has 0 bridgehead atoms. The number of hydrogen-bond acceptors (Lipinski definition) is 7. The van der Waals surface area contributed by atoms with Crippen molar-refractivity contribution in [2.75, 3.05) is 10.2 Å². The summed E-state index contributed by atoms with van der Waals surface area (Å²) in [6.07, 6.45) is 2.15. The lowest BCUT2D eigenvalue weighted by Gasteiger charge is -2.16. The van der Waals surface area contributed by atoms with E-state index in [9.17, 15) is 5.26 Å². The number of para-hydroxylation sites is 1. The Morgan fingerprint density at radius 3 is 2.24 bits per heavy atom. The summed E-state index contributed by atoms with van der Waals surface area (Å²) < 4.78 is 0. The van der Waals surface area contributed by atoms with Gasteiger partial charge in [0.25, 0.3) is 0 Å². The summed E-state index contributed by atoms with van der Waals surface area (Å²) in [5, 5.41) is 12.9. The third-order valence-corrected chi connectivity index (χ3v) is 4.35. The molecule has 1 aromatic heterocycles. The van der Waals surface area contributed by atoms with E-state index in [1.807, 2.05) is 84.9 Å². The van der Waals surface area contributed by atoms with Gasteiger partial charge in [0, 0.05) is 16.1 Å². The van der Waals surface area contributed by atoms with Crippen molar-refractivity contribution in [1.29, 1.82) is 5.26 Å². The van der Waals surface area contributed by atoms with E-state index in [4.69, 9.17) is 0 Å². The minimum Gasteiger partial charge on any atom is -0.324 e. The first-order valence-corrected chi connectivity index (χ1v) is 9.30. The van der Waals surface area contributed by atoms with Gasteiger partial charge in [-0.1, -0.05) is 54.6 Å². The van der Waals surface area contributed by atoms with E-state index in [0.29, 0.717) is 17.5 Å². The van der Waals surface area contributed by atoms with Crippen LogP contribution in [0.25, 0.3) is 11.4 Å². The Bertz CT molecular complexity index is 1160. The molecule has 29 heavy (non-hydrogen) atoms. The third kappa shape index (κ3) is 4.34. The minimum atomic E-state index is 0.233. The molecule has 140 valence electrons. The number of thiol groups is 1. The maximum absolute atomic E-state index is 9.76. The lowest BCUT2D eigenvalue weighted by atomic mass is 10.2. The molecule has 0 radical (unpaired) electrons. The molecule has 0 aliphatic rings. The van der Waals surface area contributed by atoms with Crippen LogP contribution in [0.2, 0.25) is 0 Å². The highest BCUT2D eigenvalue weighted by atomic mass is 32.1. The van der Waals surface area contributed by atoms with Gasteiger partial charge in [0.15, 0.2) is 12.0 Å². The Hall–Kier alpha value is -3.89. The predicted molar refractivity (Wildman–Crippen MR) is 116 cm³/mol. The average Bonchev–Trinajstić information content (AvgIpc) is 2.76. The number of benzene rings is 3. The molecule has 0 saturated heterocycles. The number of anilines is 4. The molecule has 0 atom stereocenters. The zero-order chi connectivity index (χ0) is 20.1. The zero-order valence-corrected chi connectivity index (χ0v) is 16.2. The molecule has 1 N–H and O–H groups in total. The first-order chi connectivity index (χ1) is 14.2. The van der Waals surface area contributed by atoms with Crippen molar-refractivity contribution in [2.45, 2.75) is 4.90 Å². The largest absolute Gasteiger partial charge is 0.324 e. The normalized spacial score (nSPS) is 10.2. The van der Waals surface area contributed by atoms with E-state index in [-0.39, 0.29) is 5.95 Å². The fourth-order valence-corrected chi connectivity index (χ4v) is 2.97. The lowest BCUT2D eigenvalue weighted by Crippen LogP contribution is -2.15. The number of nitrogens with zero attached hydrogens (tertiary/aromatic N) is 5. The highest BCUT2D eigenvalue weighted by Crippen LogP contribution is 2.26. The number of nitriles is 1. The topological polar surface area (TPSA) is 77.7 Å². The predicted octanol–water partition coefficient (Wildman–Crippen LogP) is 5.19. The fourth-order valence-electron chi connectivity index (χ4n) is 2.74. The molecule has 3 aromatic carbocycles. The van der Waals surface area contributed by atoms with Gasteiger partial charge in [-0.2, -0.15) is 20.2 Å². The summed E-state index contributed by atoms with van der Waals surface area (Å²) >= 11 is 4.37. The van der Waals surface area contributed by atoms with Crippen LogP contribution in [-0.4, -0.2) is 15.0 Å². The van der Waals surface area contributed by atoms with E-state index < -0.39 is 0 Å². The molecule has 0 aliphatic carbocycles. The van der Waals surface area contributed by atoms with Gasteiger partial charge >= 0.3 is 0 Å². The van der Waals surface area contributed by atoms with Crippen molar-refractivity contribution in [3.8, 4) is 17.6 Å². The van der Waals surface area contributed by atoms with Crippen LogP contribution in [-0.2, 0) is 0 Å². The maximum Gasteiger partial charge on any atom is 0.249 e. The summed E-state index contributed by atoms with van der Waals surface area (Å²) in [6.45, 7) is 0. The summed E-state index contributed by atoms with van der Waals surface area (Å²) in [7, 11) is 0. The number of aromatic nitrogens is 3. The molecule has 0 saturated carbocycles. The van der Waals surface area contributed by atoms with Crippen molar-refractivity contribution >= 4 is 35.9 Å². The second-order valence-corrected chi connectivity index (χ2v) is 6.61. The molecule has 1 heterocycles. The molecule has 4 aromatic rings. The molecule has 6 nitrogen and oxygen atoms in total. The maximum atomic E-state index is 9.76. The molecular weight excluding hydrogens is 380 g/mol. The van der Waals surface area contributed by atoms with E-state index in [1.165, 1.54) is 4.90 Å². The van der Waals surface area contributed by atoms with Crippen molar-refractivity contribution in [3.63, 3.8) is 0 Å². The third-order valence-electron chi connectivity index (χ3n) is 4.07. The summed E-state index contributed by atoms with van der Waals surface area (Å²) in [4.78, 5) is 15.7. The van der Waals surface area contributed by atoms with Gasteiger partial charge < -0.3 is 5.32 Å². The Kier molecular flexibility index (Phi) is 5.36. The van der Waals surface area contributed by atoms with Gasteiger partial charge in [-0.05, 0) is 30.3 Å². The first-order valence-electron chi connectivity index (χ1n) is 8.85. The second kappa shape index (κ2) is 8.42. The van der Waals surface area contributed by atoms with Crippen LogP contribution < -0.4 is 10.2 Å². The molecule has 0 aliphatic heterocycles. The first kappa shape index (κ1) is 18.5. The molecule has 0 spiro atoms. The van der Waals surface area contributed by atoms with Gasteiger partial charge in [-0.3, -0.25) is 0 Å². The second-order valence-electron chi connectivity index (χ2n) is 6.09. The van der Waals surface area contributed by atoms with E-state index in [1.54, 1.807) is 0 Å². The molecule has 0 unspecified atom stereocenters. The van der Waals surface area contributed by atoms with Crippen LogP contribution in [0.15, 0.2) is 89.8 Å².